The lowest BCUT2D eigenvalue weighted by molar-refractivity contribution is 0.0757. The first kappa shape index (κ1) is 21.0. The molecule has 0 aromatic heterocycles. The highest BCUT2D eigenvalue weighted by Crippen LogP contribution is 2.39. The van der Waals surface area contributed by atoms with Crippen molar-refractivity contribution in [1.82, 2.24) is 5.32 Å². The van der Waals surface area contributed by atoms with Gasteiger partial charge in [0.15, 0.2) is 0 Å². The van der Waals surface area contributed by atoms with Crippen molar-refractivity contribution >= 4 is 34.0 Å². The second kappa shape index (κ2) is 8.59. The smallest absolute Gasteiger partial charge is 0.253 e. The van der Waals surface area contributed by atoms with E-state index in [1.165, 1.54) is 6.42 Å². The summed E-state index contributed by atoms with van der Waals surface area (Å²) >= 11 is 0. The van der Waals surface area contributed by atoms with Gasteiger partial charge in [0.1, 0.15) is 0 Å². The van der Waals surface area contributed by atoms with Crippen molar-refractivity contribution in [2.24, 2.45) is 17.6 Å². The summed E-state index contributed by atoms with van der Waals surface area (Å²) in [5, 5.41) is 3.17. The summed E-state index contributed by atoms with van der Waals surface area (Å²) in [6, 6.07) is 7.12. The Hall–Kier alpha value is -1.31. The molecular formula is C18H28ClN3O3S. The molecule has 2 bridgehead atoms. The predicted octanol–water partition coefficient (Wildman–Crippen LogP) is 2.51. The number of halogens is 1. The summed E-state index contributed by atoms with van der Waals surface area (Å²) in [6.45, 7) is 1.57. The Morgan fingerprint density at radius 1 is 1.19 bits per heavy atom. The minimum absolute atomic E-state index is 0. The van der Waals surface area contributed by atoms with E-state index in [0.29, 0.717) is 23.1 Å². The number of anilines is 1. The molecule has 0 saturated heterocycles. The lowest BCUT2D eigenvalue weighted by atomic mass is 9.67. The van der Waals surface area contributed by atoms with E-state index >= 15 is 0 Å². The minimum atomic E-state index is -3.43. The second-order valence-electron chi connectivity index (χ2n) is 7.23. The van der Waals surface area contributed by atoms with Gasteiger partial charge in [-0.2, -0.15) is 0 Å². The molecule has 1 aromatic carbocycles. The van der Waals surface area contributed by atoms with Crippen molar-refractivity contribution < 1.29 is 13.2 Å². The van der Waals surface area contributed by atoms with Gasteiger partial charge in [0.05, 0.1) is 17.0 Å². The van der Waals surface area contributed by atoms with Crippen molar-refractivity contribution in [3.05, 3.63) is 29.8 Å². The van der Waals surface area contributed by atoms with Gasteiger partial charge in [-0.1, -0.05) is 18.6 Å². The zero-order chi connectivity index (χ0) is 18.0. The molecule has 4 N–H and O–H groups in total. The van der Waals surface area contributed by atoms with E-state index in [9.17, 15) is 13.2 Å². The van der Waals surface area contributed by atoms with Crippen molar-refractivity contribution in [2.75, 3.05) is 10.5 Å². The highest BCUT2D eigenvalue weighted by Gasteiger charge is 2.40. The van der Waals surface area contributed by atoms with Crippen LogP contribution < -0.4 is 15.8 Å². The van der Waals surface area contributed by atoms with Gasteiger partial charge in [0.2, 0.25) is 10.0 Å². The summed E-state index contributed by atoms with van der Waals surface area (Å²) in [5.41, 5.74) is 6.85. The molecule has 2 aliphatic carbocycles. The van der Waals surface area contributed by atoms with E-state index in [4.69, 9.17) is 5.73 Å². The molecule has 8 heteroatoms. The summed E-state index contributed by atoms with van der Waals surface area (Å²) in [5.74, 6) is 0.594. The molecule has 2 unspecified atom stereocenters. The zero-order valence-electron chi connectivity index (χ0n) is 15.0. The fourth-order valence-corrected chi connectivity index (χ4v) is 4.92. The normalized spacial score (nSPS) is 27.9. The first-order chi connectivity index (χ1) is 11.9. The molecule has 0 radical (unpaired) electrons. The van der Waals surface area contributed by atoms with Crippen LogP contribution in [0.25, 0.3) is 0 Å². The van der Waals surface area contributed by atoms with E-state index in [2.05, 4.69) is 10.0 Å². The molecule has 26 heavy (non-hydrogen) atoms. The van der Waals surface area contributed by atoms with Gasteiger partial charge in [0, 0.05) is 12.1 Å². The topological polar surface area (TPSA) is 101 Å². The summed E-state index contributed by atoms with van der Waals surface area (Å²) in [4.78, 5) is 12.8. The van der Waals surface area contributed by atoms with Crippen LogP contribution in [-0.4, -0.2) is 32.2 Å². The van der Waals surface area contributed by atoms with Gasteiger partial charge >= 0.3 is 0 Å². The Bertz CT molecular complexity index is 727. The van der Waals surface area contributed by atoms with Crippen LogP contribution in [0.4, 0.5) is 5.69 Å². The highest BCUT2D eigenvalue weighted by molar-refractivity contribution is 7.92. The second-order valence-corrected chi connectivity index (χ2v) is 9.24. The number of hydrogen-bond acceptors (Lipinski definition) is 4. The quantitative estimate of drug-likeness (QED) is 0.705. The number of benzene rings is 1. The highest BCUT2D eigenvalue weighted by atomic mass is 35.5. The maximum atomic E-state index is 12.8. The molecule has 3 rings (SSSR count). The number of carbonyl (C=O) groups is 1. The van der Waals surface area contributed by atoms with Crippen LogP contribution in [0, 0.1) is 11.8 Å². The van der Waals surface area contributed by atoms with Crippen LogP contribution >= 0.6 is 12.4 Å². The molecule has 2 saturated carbocycles. The Balaban J connectivity index is 0.00000243. The Labute approximate surface area is 161 Å². The van der Waals surface area contributed by atoms with Gasteiger partial charge in [-0.05, 0) is 56.6 Å². The lowest BCUT2D eigenvalue weighted by Gasteiger charge is -2.45. The van der Waals surface area contributed by atoms with E-state index in [1.807, 2.05) is 0 Å². The number of fused-ring (bicyclic) bond motifs is 2. The van der Waals surface area contributed by atoms with E-state index < -0.39 is 10.0 Å². The van der Waals surface area contributed by atoms with Crippen molar-refractivity contribution in [1.29, 1.82) is 0 Å². The molecule has 0 heterocycles. The first-order valence-electron chi connectivity index (χ1n) is 9.05. The number of nitrogens with one attached hydrogen (secondary N) is 2. The molecular weight excluding hydrogens is 374 g/mol. The fraction of sp³-hybridized carbons (Fsp3) is 0.611. The van der Waals surface area contributed by atoms with Crippen molar-refractivity contribution in [3.63, 3.8) is 0 Å². The van der Waals surface area contributed by atoms with Crippen molar-refractivity contribution in [3.8, 4) is 0 Å². The molecule has 2 atom stereocenters. The minimum Gasteiger partial charge on any atom is -0.349 e. The third kappa shape index (κ3) is 4.69. The maximum Gasteiger partial charge on any atom is 0.253 e. The number of nitrogens with two attached hydrogens (primary N) is 1. The van der Waals surface area contributed by atoms with Gasteiger partial charge in [-0.3, -0.25) is 9.52 Å². The number of sulfonamides is 1. The maximum absolute atomic E-state index is 12.8. The van der Waals surface area contributed by atoms with Gasteiger partial charge in [-0.15, -0.1) is 12.4 Å². The Morgan fingerprint density at radius 2 is 1.81 bits per heavy atom. The molecule has 146 valence electrons. The monoisotopic (exact) mass is 401 g/mol. The van der Waals surface area contributed by atoms with Crippen LogP contribution in [0.15, 0.2) is 24.3 Å². The standard InChI is InChI=1S/C18H27N3O3S.ClH/c1-2-25(23,24)21-16-9-4-3-8-15(16)18(22)20-17-12-6-5-7-13(17)11-14(19)10-12;/h3-4,8-9,12-14,17,21H,2,5-7,10-11,19H2,1H3,(H,20,22);1H. The molecule has 1 amide bonds. The van der Waals surface area contributed by atoms with Crippen LogP contribution in [0.1, 0.15) is 49.4 Å². The largest absolute Gasteiger partial charge is 0.349 e. The number of para-hydroxylation sites is 1. The Morgan fingerprint density at radius 3 is 2.42 bits per heavy atom. The van der Waals surface area contributed by atoms with Gasteiger partial charge < -0.3 is 11.1 Å². The third-order valence-electron chi connectivity index (χ3n) is 5.49. The number of amides is 1. The predicted molar refractivity (Wildman–Crippen MR) is 106 cm³/mol. The van der Waals surface area contributed by atoms with Crippen molar-refractivity contribution in [2.45, 2.75) is 51.1 Å². The molecule has 0 aliphatic heterocycles. The first-order valence-corrected chi connectivity index (χ1v) is 10.7. The number of hydrogen-bond donors (Lipinski definition) is 3. The van der Waals surface area contributed by atoms with E-state index in [1.54, 1.807) is 31.2 Å². The van der Waals surface area contributed by atoms with E-state index in [-0.39, 0.29) is 36.2 Å². The fourth-order valence-electron chi connectivity index (χ4n) is 4.26. The molecule has 2 fully saturated rings. The number of rotatable bonds is 5. The molecule has 1 aromatic rings. The average Bonchev–Trinajstić information content (AvgIpc) is 2.56. The molecule has 2 aliphatic rings. The lowest BCUT2D eigenvalue weighted by Crippen LogP contribution is -2.53. The molecule has 6 nitrogen and oxygen atoms in total. The van der Waals surface area contributed by atoms with Crippen LogP contribution in [0.5, 0.6) is 0 Å². The van der Waals surface area contributed by atoms with Gasteiger partial charge in [0.25, 0.3) is 5.91 Å². The molecule has 0 spiro atoms. The van der Waals surface area contributed by atoms with Gasteiger partial charge in [-0.25, -0.2) is 8.42 Å². The summed E-state index contributed by atoms with van der Waals surface area (Å²) in [6.07, 6.45) is 5.29. The summed E-state index contributed by atoms with van der Waals surface area (Å²) in [7, 11) is -3.43. The average molecular weight is 402 g/mol. The number of carbonyl (C=O) groups excluding carboxylic acids is 1. The summed E-state index contributed by atoms with van der Waals surface area (Å²) < 4.78 is 26.2. The third-order valence-corrected chi connectivity index (χ3v) is 6.78. The SMILES string of the molecule is CCS(=O)(=O)Nc1ccccc1C(=O)NC1C2CCCC1CC(N)C2.Cl. The van der Waals surface area contributed by atoms with Crippen LogP contribution in [0.3, 0.4) is 0 Å². The van der Waals surface area contributed by atoms with Crippen LogP contribution in [-0.2, 0) is 10.0 Å². The van der Waals surface area contributed by atoms with E-state index in [0.717, 1.165) is 25.7 Å². The zero-order valence-corrected chi connectivity index (χ0v) is 16.6. The van der Waals surface area contributed by atoms with Crippen LogP contribution in [0.2, 0.25) is 0 Å². The Kier molecular flexibility index (Phi) is 6.93.